The van der Waals surface area contributed by atoms with Gasteiger partial charge in [-0.15, -0.1) is 0 Å². The second-order valence-electron chi connectivity index (χ2n) is 4.89. The van der Waals surface area contributed by atoms with Gasteiger partial charge in [0.25, 0.3) is 21.9 Å². The minimum atomic E-state index is -5.04. The summed E-state index contributed by atoms with van der Waals surface area (Å²) in [7, 11) is -5.04. The number of hydrogen-bond acceptors (Lipinski definition) is 6. The van der Waals surface area contributed by atoms with E-state index >= 15 is 0 Å². The number of halogens is 4. The summed E-state index contributed by atoms with van der Waals surface area (Å²) < 4.78 is 84.9. The van der Waals surface area contributed by atoms with Crippen molar-refractivity contribution in [3.8, 4) is 0 Å². The lowest BCUT2D eigenvalue weighted by molar-refractivity contribution is -0.141. The molecule has 1 aromatic carbocycles. The summed E-state index contributed by atoms with van der Waals surface area (Å²) in [6.45, 7) is 0. The third-order valence-corrected chi connectivity index (χ3v) is 4.38. The zero-order valence-corrected chi connectivity index (χ0v) is 13.3. The van der Waals surface area contributed by atoms with Gasteiger partial charge in [-0.3, -0.25) is 24.4 Å². The van der Waals surface area contributed by atoms with Crippen molar-refractivity contribution in [3.05, 3.63) is 39.3 Å². The lowest BCUT2D eigenvalue weighted by atomic mass is 10.1. The van der Waals surface area contributed by atoms with Crippen LogP contribution in [0.25, 0.3) is 10.4 Å². The minimum absolute atomic E-state index is 0.251. The third-order valence-electron chi connectivity index (χ3n) is 3.29. The monoisotopic (exact) mass is 411 g/mol. The van der Waals surface area contributed by atoms with E-state index in [0.29, 0.717) is 0 Å². The van der Waals surface area contributed by atoms with Crippen molar-refractivity contribution in [1.82, 2.24) is 10.4 Å². The van der Waals surface area contributed by atoms with Crippen LogP contribution < -0.4 is 5.43 Å². The van der Waals surface area contributed by atoms with Crippen LogP contribution in [0.15, 0.2) is 5.11 Å². The first-order valence-corrected chi connectivity index (χ1v) is 7.97. The highest BCUT2D eigenvalue weighted by molar-refractivity contribution is 7.87. The standard InChI is InChI=1S/C11H5F4N5O6S/c12-5-4(9(17-19-16)8(15)7(14)6(5)13)10(22)18-20-3(21)1-2(11(20)23)27(24,25)26/h2H,1H2,(H,18,22)(H,24,25,26). The molecule has 1 aromatic rings. The molecule has 1 aliphatic rings. The number of nitrogens with zero attached hydrogens (tertiary/aromatic N) is 4. The summed E-state index contributed by atoms with van der Waals surface area (Å²) in [5.41, 5.74) is 6.34. The molecule has 0 radical (unpaired) electrons. The summed E-state index contributed by atoms with van der Waals surface area (Å²) in [5.74, 6) is -14.3. The molecule has 0 spiro atoms. The van der Waals surface area contributed by atoms with Gasteiger partial charge >= 0.3 is 0 Å². The predicted octanol–water partition coefficient (Wildman–Crippen LogP) is 0.845. The van der Waals surface area contributed by atoms with Gasteiger partial charge < -0.3 is 0 Å². The second-order valence-corrected chi connectivity index (χ2v) is 6.48. The van der Waals surface area contributed by atoms with Gasteiger partial charge in [0.1, 0.15) is 0 Å². The van der Waals surface area contributed by atoms with E-state index in [4.69, 9.17) is 10.1 Å². The zero-order chi connectivity index (χ0) is 20.7. The topological polar surface area (TPSA) is 170 Å². The number of carbonyl (C=O) groups is 3. The molecule has 0 bridgehead atoms. The Kier molecular flexibility index (Phi) is 5.08. The maximum atomic E-state index is 13.9. The van der Waals surface area contributed by atoms with Crippen molar-refractivity contribution >= 4 is 33.5 Å². The Labute approximate surface area is 145 Å². The van der Waals surface area contributed by atoms with Crippen LogP contribution in [0.3, 0.4) is 0 Å². The van der Waals surface area contributed by atoms with Crippen LogP contribution in [-0.2, 0) is 19.7 Å². The van der Waals surface area contributed by atoms with Gasteiger partial charge in [0.15, 0.2) is 28.5 Å². The molecule has 1 unspecified atom stereocenters. The highest BCUT2D eigenvalue weighted by Crippen LogP contribution is 2.31. The van der Waals surface area contributed by atoms with E-state index in [2.05, 4.69) is 5.11 Å². The minimum Gasteiger partial charge on any atom is -0.285 e. The molecule has 1 atom stereocenters. The fourth-order valence-corrected chi connectivity index (χ4v) is 2.79. The molecule has 2 rings (SSSR count). The molecule has 0 saturated carbocycles. The van der Waals surface area contributed by atoms with E-state index < -0.39 is 74.0 Å². The number of azide groups is 1. The molecule has 3 amide bonds. The van der Waals surface area contributed by atoms with Crippen LogP contribution >= 0.6 is 0 Å². The van der Waals surface area contributed by atoms with Crippen LogP contribution in [0.2, 0.25) is 0 Å². The number of benzene rings is 1. The van der Waals surface area contributed by atoms with Crippen molar-refractivity contribution in [2.75, 3.05) is 0 Å². The Balaban J connectivity index is 2.50. The molecule has 2 N–H and O–H groups in total. The van der Waals surface area contributed by atoms with Gasteiger partial charge in [0, 0.05) is 4.91 Å². The lowest BCUT2D eigenvalue weighted by Crippen LogP contribution is -2.47. The average molecular weight is 411 g/mol. The normalized spacial score (nSPS) is 17.1. The fourth-order valence-electron chi connectivity index (χ4n) is 2.08. The summed E-state index contributed by atoms with van der Waals surface area (Å²) in [6, 6.07) is 0. The van der Waals surface area contributed by atoms with Gasteiger partial charge in [-0.1, -0.05) is 5.11 Å². The van der Waals surface area contributed by atoms with Gasteiger partial charge in [-0.2, -0.15) is 13.4 Å². The molecule has 144 valence electrons. The molecule has 1 heterocycles. The van der Waals surface area contributed by atoms with Crippen LogP contribution in [-0.4, -0.2) is 41.0 Å². The van der Waals surface area contributed by atoms with E-state index in [-0.39, 0.29) is 5.01 Å². The Hall–Kier alpha value is -3.23. The number of imide groups is 1. The Morgan fingerprint density at radius 1 is 1.19 bits per heavy atom. The van der Waals surface area contributed by atoms with Crippen molar-refractivity contribution < 1.29 is 44.9 Å². The number of nitrogens with one attached hydrogen (secondary N) is 1. The van der Waals surface area contributed by atoms with Gasteiger partial charge in [0.05, 0.1) is 17.7 Å². The quantitative estimate of drug-likeness (QED) is 0.109. The summed E-state index contributed by atoms with van der Waals surface area (Å²) in [5, 5.41) is 0.00992. The summed E-state index contributed by atoms with van der Waals surface area (Å²) in [4.78, 5) is 37.5. The number of hydrogen-bond donors (Lipinski definition) is 2. The summed E-state index contributed by atoms with van der Waals surface area (Å²) >= 11 is 0. The number of amides is 3. The first kappa shape index (κ1) is 20.1. The fraction of sp³-hybridized carbons (Fsp3) is 0.182. The SMILES string of the molecule is [N-]=[N+]=Nc1c(F)c(F)c(F)c(F)c1C(=O)NN1C(=O)CC(S(=O)(=O)O)C1=O. The van der Waals surface area contributed by atoms with Crippen LogP contribution in [0, 0.1) is 23.3 Å². The second kappa shape index (κ2) is 6.82. The molecule has 11 nitrogen and oxygen atoms in total. The third kappa shape index (κ3) is 3.40. The molecule has 1 saturated heterocycles. The van der Waals surface area contributed by atoms with Gasteiger partial charge in [-0.25, -0.2) is 17.6 Å². The number of rotatable bonds is 4. The molecule has 1 aliphatic heterocycles. The number of hydrazine groups is 1. The van der Waals surface area contributed by atoms with Gasteiger partial charge in [-0.05, 0) is 5.53 Å². The summed E-state index contributed by atoms with van der Waals surface area (Å²) in [6.07, 6.45) is -1.09. The molecule has 0 aliphatic carbocycles. The van der Waals surface area contributed by atoms with Crippen molar-refractivity contribution in [2.45, 2.75) is 11.7 Å². The molecule has 16 heteroatoms. The van der Waals surface area contributed by atoms with Crippen molar-refractivity contribution in [2.24, 2.45) is 5.11 Å². The van der Waals surface area contributed by atoms with Crippen LogP contribution in [0.1, 0.15) is 16.8 Å². The Morgan fingerprint density at radius 2 is 1.74 bits per heavy atom. The zero-order valence-electron chi connectivity index (χ0n) is 12.5. The van der Waals surface area contributed by atoms with E-state index in [1.807, 2.05) is 4.91 Å². The first-order chi connectivity index (χ1) is 12.4. The van der Waals surface area contributed by atoms with E-state index in [0.717, 1.165) is 0 Å². The van der Waals surface area contributed by atoms with E-state index in [1.54, 1.807) is 0 Å². The lowest BCUT2D eigenvalue weighted by Gasteiger charge is -2.17. The molecular weight excluding hydrogens is 406 g/mol. The smallest absolute Gasteiger partial charge is 0.277 e. The maximum absolute atomic E-state index is 13.9. The van der Waals surface area contributed by atoms with Crippen LogP contribution in [0.5, 0.6) is 0 Å². The highest BCUT2D eigenvalue weighted by atomic mass is 32.2. The number of carbonyl (C=O) groups excluding carboxylic acids is 3. The van der Waals surface area contributed by atoms with Crippen LogP contribution in [0.4, 0.5) is 23.2 Å². The van der Waals surface area contributed by atoms with Gasteiger partial charge in [0.2, 0.25) is 5.91 Å². The van der Waals surface area contributed by atoms with Crippen molar-refractivity contribution in [3.63, 3.8) is 0 Å². The largest absolute Gasteiger partial charge is 0.285 e. The Morgan fingerprint density at radius 3 is 2.22 bits per heavy atom. The molecule has 0 aromatic heterocycles. The maximum Gasteiger partial charge on any atom is 0.277 e. The van der Waals surface area contributed by atoms with E-state index in [1.165, 1.54) is 5.43 Å². The van der Waals surface area contributed by atoms with Crippen molar-refractivity contribution in [1.29, 1.82) is 0 Å². The highest BCUT2D eigenvalue weighted by Gasteiger charge is 2.47. The predicted molar refractivity (Wildman–Crippen MR) is 74.4 cm³/mol. The molecular formula is C11H5F4N5O6S. The van der Waals surface area contributed by atoms with E-state index in [9.17, 15) is 40.4 Å². The first-order valence-electron chi connectivity index (χ1n) is 6.46. The molecule has 27 heavy (non-hydrogen) atoms. The Bertz CT molecular complexity index is 1040. The average Bonchev–Trinajstić information content (AvgIpc) is 2.86. The molecule has 1 fully saturated rings.